The van der Waals surface area contributed by atoms with Gasteiger partial charge in [-0.2, -0.15) is 0 Å². The molecule has 1 aliphatic heterocycles. The average molecular weight is 294 g/mol. The van der Waals surface area contributed by atoms with Crippen LogP contribution in [0.5, 0.6) is 0 Å². The number of nitrogens with zero attached hydrogens (tertiary/aromatic N) is 3. The topological polar surface area (TPSA) is 44.5 Å². The van der Waals surface area contributed by atoms with Gasteiger partial charge in [-0.1, -0.05) is 12.1 Å². The first-order valence-corrected chi connectivity index (χ1v) is 8.03. The van der Waals surface area contributed by atoms with Crippen molar-refractivity contribution in [1.29, 1.82) is 0 Å². The van der Waals surface area contributed by atoms with E-state index in [9.17, 15) is 0 Å². The van der Waals surface area contributed by atoms with Crippen molar-refractivity contribution >= 4 is 0 Å². The highest BCUT2D eigenvalue weighted by Crippen LogP contribution is 2.14. The van der Waals surface area contributed by atoms with Crippen molar-refractivity contribution in [3.05, 3.63) is 17.5 Å². The molecule has 21 heavy (non-hydrogen) atoms. The van der Waals surface area contributed by atoms with E-state index in [0.29, 0.717) is 6.04 Å². The van der Waals surface area contributed by atoms with Crippen LogP contribution in [-0.4, -0.2) is 52.7 Å². The minimum atomic E-state index is 0.102. The number of nitrogens with one attached hydrogen (secondary N) is 1. The van der Waals surface area contributed by atoms with Crippen LogP contribution in [0.25, 0.3) is 0 Å². The van der Waals surface area contributed by atoms with Crippen LogP contribution in [0.3, 0.4) is 0 Å². The van der Waals surface area contributed by atoms with Crippen molar-refractivity contribution in [2.45, 2.75) is 59.3 Å². The second kappa shape index (κ2) is 6.90. The van der Waals surface area contributed by atoms with Crippen LogP contribution < -0.4 is 5.32 Å². The third-order valence-corrected chi connectivity index (χ3v) is 4.04. The molecule has 1 N–H and O–H groups in total. The number of hydrogen-bond donors (Lipinski definition) is 1. The highest BCUT2D eigenvalue weighted by molar-refractivity contribution is 5.06. The molecule has 0 spiro atoms. The molecule has 0 saturated carbocycles. The molecular formula is C16H30N4O. The summed E-state index contributed by atoms with van der Waals surface area (Å²) >= 11 is 0. The summed E-state index contributed by atoms with van der Waals surface area (Å²) in [4.78, 5) is 4.98. The Kier molecular flexibility index (Phi) is 5.41. The fourth-order valence-electron chi connectivity index (χ4n) is 2.77. The van der Waals surface area contributed by atoms with Crippen molar-refractivity contribution in [1.82, 2.24) is 20.3 Å². The Bertz CT molecular complexity index is 438. The molecule has 5 heteroatoms. The van der Waals surface area contributed by atoms with E-state index in [4.69, 9.17) is 4.52 Å². The highest BCUT2D eigenvalue weighted by Gasteiger charge is 2.23. The van der Waals surface area contributed by atoms with Crippen LogP contribution >= 0.6 is 0 Å². The second-order valence-corrected chi connectivity index (χ2v) is 7.10. The molecule has 2 heterocycles. The Morgan fingerprint density at radius 2 is 2.14 bits per heavy atom. The van der Waals surface area contributed by atoms with E-state index < -0.39 is 0 Å². The van der Waals surface area contributed by atoms with Crippen LogP contribution in [0.2, 0.25) is 0 Å². The number of piperazine rings is 1. The zero-order chi connectivity index (χ0) is 15.5. The number of likely N-dealkylation sites (N-methyl/N-ethyl adjacent to an activating group) is 1. The Morgan fingerprint density at radius 1 is 1.38 bits per heavy atom. The first-order valence-electron chi connectivity index (χ1n) is 8.03. The van der Waals surface area contributed by atoms with E-state index in [1.54, 1.807) is 0 Å². The molecule has 1 aromatic rings. The minimum absolute atomic E-state index is 0.102. The third-order valence-electron chi connectivity index (χ3n) is 4.04. The first kappa shape index (κ1) is 16.5. The highest BCUT2D eigenvalue weighted by atomic mass is 16.5. The van der Waals surface area contributed by atoms with Crippen LogP contribution in [0.1, 0.15) is 46.1 Å². The molecule has 0 bridgehead atoms. The minimum Gasteiger partial charge on any atom is -0.360 e. The van der Waals surface area contributed by atoms with Gasteiger partial charge in [0.15, 0.2) is 5.76 Å². The maximum absolute atomic E-state index is 5.48. The Hall–Kier alpha value is -0.910. The molecule has 0 aromatic carbocycles. The van der Waals surface area contributed by atoms with Crippen LogP contribution in [0.15, 0.2) is 10.6 Å². The van der Waals surface area contributed by atoms with Crippen molar-refractivity contribution < 1.29 is 4.52 Å². The van der Waals surface area contributed by atoms with Gasteiger partial charge in [-0.05, 0) is 34.2 Å². The van der Waals surface area contributed by atoms with Gasteiger partial charge in [0.1, 0.15) is 0 Å². The molecule has 1 atom stereocenters. The second-order valence-electron chi connectivity index (χ2n) is 7.10. The van der Waals surface area contributed by atoms with Crippen molar-refractivity contribution in [2.24, 2.45) is 0 Å². The fraction of sp³-hybridized carbons (Fsp3) is 0.812. The summed E-state index contributed by atoms with van der Waals surface area (Å²) in [7, 11) is 0. The number of hydrogen-bond acceptors (Lipinski definition) is 5. The lowest BCUT2D eigenvalue weighted by Crippen LogP contribution is -2.51. The van der Waals surface area contributed by atoms with E-state index in [2.05, 4.69) is 61.0 Å². The zero-order valence-corrected chi connectivity index (χ0v) is 14.1. The summed E-state index contributed by atoms with van der Waals surface area (Å²) in [5.41, 5.74) is 1.09. The summed E-state index contributed by atoms with van der Waals surface area (Å²) in [6.45, 7) is 17.1. The average Bonchev–Trinajstić information content (AvgIpc) is 2.83. The molecule has 1 fully saturated rings. The third kappa shape index (κ3) is 5.09. The van der Waals surface area contributed by atoms with Crippen LogP contribution in [-0.2, 0) is 13.1 Å². The maximum Gasteiger partial charge on any atom is 0.151 e. The molecule has 1 aromatic heterocycles. The zero-order valence-electron chi connectivity index (χ0n) is 14.1. The van der Waals surface area contributed by atoms with Crippen LogP contribution in [0, 0.1) is 0 Å². The van der Waals surface area contributed by atoms with Gasteiger partial charge in [-0.15, -0.1) is 0 Å². The van der Waals surface area contributed by atoms with Gasteiger partial charge in [-0.25, -0.2) is 0 Å². The lowest BCUT2D eigenvalue weighted by molar-refractivity contribution is 0.0774. The molecule has 5 nitrogen and oxygen atoms in total. The van der Waals surface area contributed by atoms with E-state index in [1.165, 1.54) is 0 Å². The molecule has 0 radical (unpaired) electrons. The van der Waals surface area contributed by atoms with Gasteiger partial charge >= 0.3 is 0 Å². The SMILES string of the molecule is CCN1CCN(Cc2cc(CNC(C)(C)C)no2)CC1C. The Labute approximate surface area is 128 Å². The summed E-state index contributed by atoms with van der Waals surface area (Å²) < 4.78 is 5.48. The normalized spacial score (nSPS) is 21.9. The number of aromatic nitrogens is 1. The number of rotatable bonds is 5. The van der Waals surface area contributed by atoms with E-state index in [0.717, 1.165) is 50.7 Å². The van der Waals surface area contributed by atoms with Gasteiger partial charge in [0.25, 0.3) is 0 Å². The van der Waals surface area contributed by atoms with Gasteiger partial charge in [0.05, 0.1) is 12.2 Å². The summed E-state index contributed by atoms with van der Waals surface area (Å²) in [6.07, 6.45) is 0. The molecule has 0 aliphatic carbocycles. The quantitative estimate of drug-likeness (QED) is 0.901. The molecule has 1 saturated heterocycles. The van der Waals surface area contributed by atoms with E-state index in [-0.39, 0.29) is 5.54 Å². The molecule has 1 unspecified atom stereocenters. The van der Waals surface area contributed by atoms with Gasteiger partial charge in [0.2, 0.25) is 0 Å². The van der Waals surface area contributed by atoms with E-state index in [1.807, 2.05) is 0 Å². The van der Waals surface area contributed by atoms with Crippen molar-refractivity contribution in [3.8, 4) is 0 Å². The lowest BCUT2D eigenvalue weighted by Gasteiger charge is -2.38. The van der Waals surface area contributed by atoms with Gasteiger partial charge in [0, 0.05) is 43.8 Å². The maximum atomic E-state index is 5.48. The molecule has 120 valence electrons. The summed E-state index contributed by atoms with van der Waals surface area (Å²) in [5.74, 6) is 0.970. The van der Waals surface area contributed by atoms with E-state index >= 15 is 0 Å². The fourth-order valence-corrected chi connectivity index (χ4v) is 2.77. The monoisotopic (exact) mass is 294 g/mol. The molecule has 1 aliphatic rings. The molecule has 2 rings (SSSR count). The standard InChI is InChI=1S/C16H30N4O/c1-6-20-8-7-19(11-13(20)2)12-15-9-14(18-21-15)10-17-16(3,4)5/h9,13,17H,6-8,10-12H2,1-5H3. The summed E-state index contributed by atoms with van der Waals surface area (Å²) in [6, 6.07) is 2.70. The Morgan fingerprint density at radius 3 is 2.76 bits per heavy atom. The molecular weight excluding hydrogens is 264 g/mol. The molecule has 0 amide bonds. The van der Waals surface area contributed by atoms with Gasteiger partial charge < -0.3 is 9.84 Å². The van der Waals surface area contributed by atoms with Gasteiger partial charge in [-0.3, -0.25) is 9.80 Å². The first-order chi connectivity index (χ1) is 9.87. The lowest BCUT2D eigenvalue weighted by atomic mass is 10.1. The van der Waals surface area contributed by atoms with Crippen LogP contribution in [0.4, 0.5) is 0 Å². The largest absolute Gasteiger partial charge is 0.360 e. The van der Waals surface area contributed by atoms with Crippen molar-refractivity contribution in [3.63, 3.8) is 0 Å². The smallest absolute Gasteiger partial charge is 0.151 e. The predicted molar refractivity (Wildman–Crippen MR) is 85.1 cm³/mol. The Balaban J connectivity index is 1.83. The van der Waals surface area contributed by atoms with Crippen molar-refractivity contribution in [2.75, 3.05) is 26.2 Å². The summed E-state index contributed by atoms with van der Waals surface area (Å²) in [5, 5.41) is 7.59. The predicted octanol–water partition coefficient (Wildman–Crippen LogP) is 2.09.